The summed E-state index contributed by atoms with van der Waals surface area (Å²) in [6, 6.07) is 14.0. The van der Waals surface area contributed by atoms with Crippen LogP contribution >= 0.6 is 0 Å². The summed E-state index contributed by atoms with van der Waals surface area (Å²) >= 11 is 0. The monoisotopic (exact) mass is 597 g/mol. The lowest BCUT2D eigenvalue weighted by atomic mass is 10.0. The van der Waals surface area contributed by atoms with Crippen LogP contribution in [0.2, 0.25) is 0 Å². The van der Waals surface area contributed by atoms with Gasteiger partial charge in [-0.15, -0.1) is 0 Å². The van der Waals surface area contributed by atoms with Crippen molar-refractivity contribution in [3.05, 3.63) is 78.5 Å². The summed E-state index contributed by atoms with van der Waals surface area (Å²) in [5.41, 5.74) is 6.54. The lowest BCUT2D eigenvalue weighted by Gasteiger charge is -2.09. The Bertz CT molecular complexity index is 2120. The number of benzene rings is 2. The molecule has 0 aliphatic carbocycles. The third kappa shape index (κ3) is 6.00. The number of aromatic nitrogens is 6. The van der Waals surface area contributed by atoms with Gasteiger partial charge in [0.2, 0.25) is 5.91 Å². The van der Waals surface area contributed by atoms with Crippen molar-refractivity contribution in [1.82, 2.24) is 30.1 Å². The molecule has 4 heterocycles. The van der Waals surface area contributed by atoms with Gasteiger partial charge in [-0.2, -0.15) is 5.10 Å². The molecule has 0 fully saturated rings. The van der Waals surface area contributed by atoms with Crippen LogP contribution in [-0.2, 0) is 21.1 Å². The fraction of sp³-hybridized carbons (Fsp3) is 0.194. The number of nitrogens with zero attached hydrogens (tertiary/aromatic N) is 4. The van der Waals surface area contributed by atoms with Crippen LogP contribution in [-0.4, -0.2) is 56.5 Å². The van der Waals surface area contributed by atoms with Gasteiger partial charge >= 0.3 is 0 Å². The number of carbonyl (C=O) groups is 1. The summed E-state index contributed by atoms with van der Waals surface area (Å²) in [4.78, 5) is 28.9. The largest absolute Gasteiger partial charge is 0.335 e. The van der Waals surface area contributed by atoms with Crippen molar-refractivity contribution in [2.45, 2.75) is 20.3 Å². The summed E-state index contributed by atoms with van der Waals surface area (Å²) in [5, 5.41) is 11.3. The van der Waals surface area contributed by atoms with Crippen molar-refractivity contribution in [2.75, 3.05) is 17.3 Å². The molecule has 0 saturated heterocycles. The molecule has 0 aliphatic rings. The van der Waals surface area contributed by atoms with Crippen molar-refractivity contribution in [2.24, 2.45) is 5.92 Å². The highest BCUT2D eigenvalue weighted by molar-refractivity contribution is 7.90. The second-order valence-corrected chi connectivity index (χ2v) is 13.1. The molecular weight excluding hydrogens is 569 g/mol. The number of sulfone groups is 1. The highest BCUT2D eigenvalue weighted by Gasteiger charge is 2.18. The normalized spacial score (nSPS) is 11.9. The van der Waals surface area contributed by atoms with E-state index in [1.54, 1.807) is 30.7 Å². The van der Waals surface area contributed by atoms with Crippen LogP contribution in [0.25, 0.3) is 55.8 Å². The van der Waals surface area contributed by atoms with E-state index in [0.717, 1.165) is 28.3 Å². The van der Waals surface area contributed by atoms with Gasteiger partial charge in [0.1, 0.15) is 21.3 Å². The number of halogens is 1. The molecule has 43 heavy (non-hydrogen) atoms. The standard InChI is InChI=1S/C31H28FN7O3S/c1-17(2)31(40)35-23-13-21(15-33-16-23)19-4-5-26-25(14-19)28(39-38-26)30-36-27-24(6-8-34-29(27)37-30)20-10-18(11-22(32)12-20)7-9-43(3,41)42/h4-6,8,10-17H,7,9H2,1-3H3,(H,35,40)(H,38,39)(H,34,36,37). The van der Waals surface area contributed by atoms with E-state index in [2.05, 4.69) is 35.5 Å². The molecule has 218 valence electrons. The maximum absolute atomic E-state index is 14.6. The van der Waals surface area contributed by atoms with Crippen molar-refractivity contribution < 1.29 is 17.6 Å². The van der Waals surface area contributed by atoms with Crippen LogP contribution in [0.1, 0.15) is 19.4 Å². The molecule has 0 atom stereocenters. The molecule has 0 unspecified atom stereocenters. The first-order valence-corrected chi connectivity index (χ1v) is 15.7. The molecule has 0 bridgehead atoms. The Morgan fingerprint density at radius 1 is 1.02 bits per heavy atom. The van der Waals surface area contributed by atoms with Crippen LogP contribution in [0.15, 0.2) is 67.1 Å². The van der Waals surface area contributed by atoms with E-state index < -0.39 is 15.7 Å². The zero-order valence-electron chi connectivity index (χ0n) is 23.6. The summed E-state index contributed by atoms with van der Waals surface area (Å²) in [6.45, 7) is 3.66. The molecule has 4 aromatic heterocycles. The number of aromatic amines is 2. The van der Waals surface area contributed by atoms with Crippen molar-refractivity contribution in [3.63, 3.8) is 0 Å². The molecule has 10 nitrogen and oxygen atoms in total. The maximum atomic E-state index is 14.6. The van der Waals surface area contributed by atoms with Gasteiger partial charge in [0.15, 0.2) is 11.5 Å². The molecule has 0 radical (unpaired) electrons. The maximum Gasteiger partial charge on any atom is 0.226 e. The van der Waals surface area contributed by atoms with E-state index in [9.17, 15) is 17.6 Å². The molecule has 6 rings (SSSR count). The van der Waals surface area contributed by atoms with Crippen LogP contribution in [0.4, 0.5) is 10.1 Å². The van der Waals surface area contributed by atoms with Gasteiger partial charge in [0, 0.05) is 41.1 Å². The van der Waals surface area contributed by atoms with Crippen LogP contribution in [0, 0.1) is 11.7 Å². The number of rotatable bonds is 8. The molecule has 0 saturated carbocycles. The number of hydrogen-bond donors (Lipinski definition) is 3. The minimum Gasteiger partial charge on any atom is -0.335 e. The molecule has 3 N–H and O–H groups in total. The van der Waals surface area contributed by atoms with Gasteiger partial charge < -0.3 is 10.3 Å². The van der Waals surface area contributed by atoms with E-state index in [1.165, 1.54) is 12.1 Å². The smallest absolute Gasteiger partial charge is 0.226 e. The third-order valence-corrected chi connectivity index (χ3v) is 8.02. The number of carbonyl (C=O) groups excluding carboxylic acids is 1. The van der Waals surface area contributed by atoms with E-state index in [0.29, 0.717) is 45.1 Å². The fourth-order valence-corrected chi connectivity index (χ4v) is 5.45. The fourth-order valence-electron chi connectivity index (χ4n) is 4.84. The van der Waals surface area contributed by atoms with Crippen LogP contribution in [0.3, 0.4) is 0 Å². The minimum atomic E-state index is -3.20. The third-order valence-electron chi connectivity index (χ3n) is 7.07. The van der Waals surface area contributed by atoms with Gasteiger partial charge in [0.05, 0.1) is 28.7 Å². The van der Waals surface area contributed by atoms with Gasteiger partial charge in [-0.05, 0) is 59.5 Å². The van der Waals surface area contributed by atoms with Gasteiger partial charge in [-0.25, -0.2) is 22.8 Å². The molecular formula is C31H28FN7O3S. The lowest BCUT2D eigenvalue weighted by molar-refractivity contribution is -0.118. The SMILES string of the molecule is CC(C)C(=O)Nc1cncc(-c2ccc3[nH]nc(-c4nc5nccc(-c6cc(F)cc(CCS(C)(=O)=O)c6)c5[nH]4)c3c2)c1. The Morgan fingerprint density at radius 2 is 1.86 bits per heavy atom. The Labute approximate surface area is 246 Å². The van der Waals surface area contributed by atoms with Crippen LogP contribution < -0.4 is 5.32 Å². The first-order chi connectivity index (χ1) is 20.5. The van der Waals surface area contributed by atoms with E-state index in [4.69, 9.17) is 0 Å². The average Bonchev–Trinajstić information content (AvgIpc) is 3.59. The number of nitrogens with one attached hydrogen (secondary N) is 3. The summed E-state index contributed by atoms with van der Waals surface area (Å²) < 4.78 is 37.9. The summed E-state index contributed by atoms with van der Waals surface area (Å²) in [7, 11) is -3.20. The molecule has 0 spiro atoms. The van der Waals surface area contributed by atoms with Gasteiger partial charge in [-0.3, -0.25) is 14.9 Å². The average molecular weight is 598 g/mol. The number of H-pyrrole nitrogens is 2. The van der Waals surface area contributed by atoms with Crippen LogP contribution in [0.5, 0.6) is 0 Å². The van der Waals surface area contributed by atoms with Crippen molar-refractivity contribution in [3.8, 4) is 33.8 Å². The summed E-state index contributed by atoms with van der Waals surface area (Å²) in [6.07, 6.45) is 6.30. The second-order valence-electron chi connectivity index (χ2n) is 10.8. The first-order valence-electron chi connectivity index (χ1n) is 13.6. The second kappa shape index (κ2) is 11.0. The number of imidazole rings is 1. The zero-order chi connectivity index (χ0) is 30.3. The Hall–Kier alpha value is -4.97. The van der Waals surface area contributed by atoms with Gasteiger partial charge in [0.25, 0.3) is 0 Å². The molecule has 12 heteroatoms. The molecule has 2 aromatic carbocycles. The lowest BCUT2D eigenvalue weighted by Crippen LogP contribution is -2.17. The van der Waals surface area contributed by atoms with E-state index in [1.807, 2.05) is 38.1 Å². The predicted molar refractivity (Wildman–Crippen MR) is 164 cm³/mol. The predicted octanol–water partition coefficient (Wildman–Crippen LogP) is 5.55. The zero-order valence-corrected chi connectivity index (χ0v) is 24.5. The Morgan fingerprint density at radius 3 is 2.65 bits per heavy atom. The van der Waals surface area contributed by atoms with Gasteiger partial charge in [-0.1, -0.05) is 26.0 Å². The number of pyridine rings is 2. The highest BCUT2D eigenvalue weighted by atomic mass is 32.2. The topological polar surface area (TPSA) is 146 Å². The number of aryl methyl sites for hydroxylation is 1. The minimum absolute atomic E-state index is 0.0724. The van der Waals surface area contributed by atoms with Crippen molar-refractivity contribution >= 4 is 43.5 Å². The van der Waals surface area contributed by atoms with Crippen molar-refractivity contribution in [1.29, 1.82) is 0 Å². The number of fused-ring (bicyclic) bond motifs is 2. The number of hydrogen-bond acceptors (Lipinski definition) is 7. The van der Waals surface area contributed by atoms with E-state index in [-0.39, 0.29) is 24.0 Å². The summed E-state index contributed by atoms with van der Waals surface area (Å²) in [5.74, 6) is -0.304. The Balaban J connectivity index is 1.38. The molecule has 1 amide bonds. The highest BCUT2D eigenvalue weighted by Crippen LogP contribution is 2.33. The number of anilines is 1. The quantitative estimate of drug-likeness (QED) is 0.208. The van der Waals surface area contributed by atoms with E-state index >= 15 is 0 Å². The first kappa shape index (κ1) is 28.2. The number of amides is 1. The molecule has 0 aliphatic heterocycles. The molecule has 6 aromatic rings. The Kier molecular flexibility index (Phi) is 7.22.